The zero-order valence-corrected chi connectivity index (χ0v) is 11.9. The maximum atomic E-state index is 12.3. The van der Waals surface area contributed by atoms with Crippen molar-refractivity contribution in [2.24, 2.45) is 0 Å². The van der Waals surface area contributed by atoms with Crippen LogP contribution in [0.3, 0.4) is 0 Å². The number of rotatable bonds is 3. The minimum atomic E-state index is -0.535. The quantitative estimate of drug-likeness (QED) is 0.800. The molecule has 0 saturated carbocycles. The van der Waals surface area contributed by atoms with Crippen molar-refractivity contribution < 1.29 is 14.3 Å². The lowest BCUT2D eigenvalue weighted by atomic mass is 10.1. The van der Waals surface area contributed by atoms with Crippen molar-refractivity contribution in [1.82, 2.24) is 0 Å². The highest BCUT2D eigenvalue weighted by molar-refractivity contribution is 6.67. The van der Waals surface area contributed by atoms with Gasteiger partial charge in [-0.1, -0.05) is 6.92 Å². The summed E-state index contributed by atoms with van der Waals surface area (Å²) in [4.78, 5) is 25.2. The molecule has 19 heavy (non-hydrogen) atoms. The fourth-order valence-electron chi connectivity index (χ4n) is 2.20. The third-order valence-corrected chi connectivity index (χ3v) is 3.33. The molecule has 0 saturated heterocycles. The van der Waals surface area contributed by atoms with E-state index in [1.165, 1.54) is 0 Å². The number of anilines is 1. The Labute approximate surface area is 117 Å². The van der Waals surface area contributed by atoms with Gasteiger partial charge in [-0.05, 0) is 50.1 Å². The molecule has 1 aromatic rings. The molecule has 0 N–H and O–H groups in total. The van der Waals surface area contributed by atoms with Crippen LogP contribution in [0.4, 0.5) is 5.69 Å². The summed E-state index contributed by atoms with van der Waals surface area (Å²) >= 11 is 5.47. The Morgan fingerprint density at radius 2 is 2.16 bits per heavy atom. The lowest BCUT2D eigenvalue weighted by Crippen LogP contribution is -2.48. The third-order valence-electron chi connectivity index (χ3n) is 3.12. The standard InChI is InChI=1S/C14H16ClNO3/c1-4-11-14(18)16(8(2)3)10-6-5-9(13(15)17)7-12(10)19-11/h5-8,11H,4H2,1-3H3/t11-/m1/s1. The molecule has 0 fully saturated rings. The molecule has 0 unspecified atom stereocenters. The number of benzene rings is 1. The van der Waals surface area contributed by atoms with E-state index in [0.29, 0.717) is 23.4 Å². The first kappa shape index (κ1) is 13.9. The molecule has 4 nitrogen and oxygen atoms in total. The summed E-state index contributed by atoms with van der Waals surface area (Å²) in [6.45, 7) is 5.78. The summed E-state index contributed by atoms with van der Waals surface area (Å²) in [6.07, 6.45) is 0.0798. The fraction of sp³-hybridized carbons (Fsp3) is 0.429. The number of carbonyl (C=O) groups excluding carboxylic acids is 2. The highest BCUT2D eigenvalue weighted by Crippen LogP contribution is 2.37. The second-order valence-electron chi connectivity index (χ2n) is 4.77. The summed E-state index contributed by atoms with van der Waals surface area (Å²) in [7, 11) is 0. The molecule has 5 heteroatoms. The molecular weight excluding hydrogens is 266 g/mol. The van der Waals surface area contributed by atoms with Crippen molar-refractivity contribution in [2.45, 2.75) is 39.3 Å². The average Bonchev–Trinajstić information content (AvgIpc) is 2.36. The number of halogens is 1. The Morgan fingerprint density at radius 1 is 1.47 bits per heavy atom. The van der Waals surface area contributed by atoms with Gasteiger partial charge in [0.15, 0.2) is 6.10 Å². The largest absolute Gasteiger partial charge is 0.478 e. The molecule has 102 valence electrons. The Bertz CT molecular complexity index is 527. The number of hydrogen-bond acceptors (Lipinski definition) is 3. The molecule has 2 rings (SSSR count). The van der Waals surface area contributed by atoms with Crippen LogP contribution in [0, 0.1) is 0 Å². The van der Waals surface area contributed by atoms with Gasteiger partial charge < -0.3 is 9.64 Å². The molecule has 1 aliphatic rings. The second-order valence-corrected chi connectivity index (χ2v) is 5.12. The molecule has 0 radical (unpaired) electrons. The van der Waals surface area contributed by atoms with Crippen LogP contribution in [0.1, 0.15) is 37.6 Å². The van der Waals surface area contributed by atoms with E-state index in [-0.39, 0.29) is 11.9 Å². The van der Waals surface area contributed by atoms with Crippen molar-refractivity contribution in [3.63, 3.8) is 0 Å². The first-order valence-corrected chi connectivity index (χ1v) is 6.67. The molecule has 0 spiro atoms. The number of ether oxygens (including phenoxy) is 1. The van der Waals surface area contributed by atoms with Gasteiger partial charge in [-0.15, -0.1) is 0 Å². The summed E-state index contributed by atoms with van der Waals surface area (Å²) in [5, 5.41) is -0.535. The molecular formula is C14H16ClNO3. The Morgan fingerprint density at radius 3 is 2.68 bits per heavy atom. The van der Waals surface area contributed by atoms with Gasteiger partial charge in [-0.2, -0.15) is 0 Å². The van der Waals surface area contributed by atoms with E-state index in [1.807, 2.05) is 20.8 Å². The van der Waals surface area contributed by atoms with E-state index in [9.17, 15) is 9.59 Å². The molecule has 0 aliphatic carbocycles. The van der Waals surface area contributed by atoms with Crippen LogP contribution in [0.25, 0.3) is 0 Å². The van der Waals surface area contributed by atoms with Crippen molar-refractivity contribution in [1.29, 1.82) is 0 Å². The summed E-state index contributed by atoms with van der Waals surface area (Å²) in [5.74, 6) is 0.488. The normalized spacial score (nSPS) is 18.3. The Hall–Kier alpha value is -1.55. The highest BCUT2D eigenvalue weighted by atomic mass is 35.5. The fourth-order valence-corrected chi connectivity index (χ4v) is 2.32. The van der Waals surface area contributed by atoms with Crippen LogP contribution in [0.2, 0.25) is 0 Å². The van der Waals surface area contributed by atoms with Gasteiger partial charge in [0.1, 0.15) is 5.75 Å². The first-order chi connectivity index (χ1) is 8.95. The van der Waals surface area contributed by atoms with Gasteiger partial charge in [0.2, 0.25) is 0 Å². The van der Waals surface area contributed by atoms with Crippen LogP contribution in [0.15, 0.2) is 18.2 Å². The van der Waals surface area contributed by atoms with Gasteiger partial charge in [-0.25, -0.2) is 0 Å². The molecule has 1 aromatic carbocycles. The minimum absolute atomic E-state index is 0.0294. The Kier molecular flexibility index (Phi) is 3.80. The van der Waals surface area contributed by atoms with Gasteiger partial charge in [0, 0.05) is 11.6 Å². The van der Waals surface area contributed by atoms with Gasteiger partial charge in [0.05, 0.1) is 5.69 Å². The summed E-state index contributed by atoms with van der Waals surface area (Å²) in [6, 6.07) is 4.93. The van der Waals surface area contributed by atoms with Crippen LogP contribution in [-0.2, 0) is 4.79 Å². The number of fused-ring (bicyclic) bond motifs is 1. The topological polar surface area (TPSA) is 46.6 Å². The van der Waals surface area contributed by atoms with Crippen LogP contribution in [0.5, 0.6) is 5.75 Å². The monoisotopic (exact) mass is 281 g/mol. The van der Waals surface area contributed by atoms with E-state index >= 15 is 0 Å². The minimum Gasteiger partial charge on any atom is -0.478 e. The lowest BCUT2D eigenvalue weighted by Gasteiger charge is -2.36. The summed E-state index contributed by atoms with van der Waals surface area (Å²) in [5.41, 5.74) is 1.06. The maximum Gasteiger partial charge on any atom is 0.268 e. The lowest BCUT2D eigenvalue weighted by molar-refractivity contribution is -0.126. The number of nitrogens with zero attached hydrogens (tertiary/aromatic N) is 1. The van der Waals surface area contributed by atoms with Gasteiger partial charge in [0.25, 0.3) is 11.1 Å². The van der Waals surface area contributed by atoms with Crippen LogP contribution < -0.4 is 9.64 Å². The molecule has 1 atom stereocenters. The van der Waals surface area contributed by atoms with Crippen molar-refractivity contribution in [3.8, 4) is 5.75 Å². The summed E-state index contributed by atoms with van der Waals surface area (Å²) < 4.78 is 5.66. The van der Waals surface area contributed by atoms with E-state index in [4.69, 9.17) is 16.3 Å². The van der Waals surface area contributed by atoms with Gasteiger partial charge in [-0.3, -0.25) is 9.59 Å². The number of carbonyl (C=O) groups is 2. The number of amides is 1. The van der Waals surface area contributed by atoms with Crippen LogP contribution >= 0.6 is 11.6 Å². The molecule has 1 aliphatic heterocycles. The zero-order valence-electron chi connectivity index (χ0n) is 11.1. The highest BCUT2D eigenvalue weighted by Gasteiger charge is 2.34. The van der Waals surface area contributed by atoms with E-state index in [2.05, 4.69) is 0 Å². The molecule has 0 bridgehead atoms. The molecule has 0 aromatic heterocycles. The first-order valence-electron chi connectivity index (χ1n) is 6.29. The average molecular weight is 282 g/mol. The SMILES string of the molecule is CC[C@H]1Oc2cc(C(=O)Cl)ccc2N(C(C)C)C1=O. The smallest absolute Gasteiger partial charge is 0.268 e. The number of hydrogen-bond donors (Lipinski definition) is 0. The maximum absolute atomic E-state index is 12.3. The zero-order chi connectivity index (χ0) is 14.2. The van der Waals surface area contributed by atoms with E-state index < -0.39 is 11.3 Å². The second kappa shape index (κ2) is 5.21. The van der Waals surface area contributed by atoms with Crippen molar-refractivity contribution in [2.75, 3.05) is 4.90 Å². The Balaban J connectivity index is 2.51. The van der Waals surface area contributed by atoms with Crippen LogP contribution in [-0.4, -0.2) is 23.3 Å². The predicted octanol–water partition coefficient (Wildman–Crippen LogP) is 2.98. The van der Waals surface area contributed by atoms with Gasteiger partial charge >= 0.3 is 0 Å². The van der Waals surface area contributed by atoms with E-state index in [1.54, 1.807) is 23.1 Å². The molecule has 1 heterocycles. The van der Waals surface area contributed by atoms with Crippen molar-refractivity contribution >= 4 is 28.4 Å². The third kappa shape index (κ3) is 2.45. The van der Waals surface area contributed by atoms with Crippen molar-refractivity contribution in [3.05, 3.63) is 23.8 Å². The molecule has 1 amide bonds. The van der Waals surface area contributed by atoms with E-state index in [0.717, 1.165) is 0 Å². The predicted molar refractivity (Wildman–Crippen MR) is 74.0 cm³/mol.